The third-order valence-electron chi connectivity index (χ3n) is 5.17. The summed E-state index contributed by atoms with van der Waals surface area (Å²) < 4.78 is 18.4. The summed E-state index contributed by atoms with van der Waals surface area (Å²) in [6.45, 7) is -0.403. The van der Waals surface area contributed by atoms with Crippen LogP contribution in [0.5, 0.6) is 5.75 Å². The Labute approximate surface area is 178 Å². The molecule has 1 aliphatic rings. The number of benzene rings is 3. The van der Waals surface area contributed by atoms with Gasteiger partial charge in [0.1, 0.15) is 24.3 Å². The van der Waals surface area contributed by atoms with Crippen molar-refractivity contribution in [2.45, 2.75) is 11.6 Å². The van der Waals surface area contributed by atoms with E-state index in [1.807, 2.05) is 12.1 Å². The van der Waals surface area contributed by atoms with Gasteiger partial charge in [-0.05, 0) is 35.4 Å². The first-order valence-corrected chi connectivity index (χ1v) is 9.82. The second-order valence-electron chi connectivity index (χ2n) is 7.25. The zero-order valence-electron chi connectivity index (χ0n) is 16.6. The first kappa shape index (κ1) is 20.6. The summed E-state index contributed by atoms with van der Waals surface area (Å²) in [4.78, 5) is 27.3. The van der Waals surface area contributed by atoms with Gasteiger partial charge in [0.15, 0.2) is 5.54 Å². The highest BCUT2D eigenvalue weighted by molar-refractivity contribution is 6.09. The quantitative estimate of drug-likeness (QED) is 0.576. The number of nitrogens with zero attached hydrogens (tertiary/aromatic N) is 1. The molecular weight excluding hydrogens is 399 g/mol. The fraction of sp³-hybridized carbons (Fsp3) is 0.167. The number of β-amino-alcohol motifs (C(OH)–C–C–N with tert-alkyl or cyclic N) is 1. The molecule has 0 unspecified atom stereocenters. The molecule has 3 aromatic carbocycles. The van der Waals surface area contributed by atoms with Crippen molar-refractivity contribution in [1.29, 1.82) is 0 Å². The van der Waals surface area contributed by atoms with Gasteiger partial charge in [-0.2, -0.15) is 0 Å². The Hall–Kier alpha value is -3.71. The molecule has 0 radical (unpaired) electrons. The SMILES string of the molecule is O=C1NC(c2ccccc2)(c2ccccc2)C(=O)N1C[C@@H](O)COc1ccc(F)cc1. The smallest absolute Gasteiger partial charge is 0.325 e. The van der Waals surface area contributed by atoms with Crippen molar-refractivity contribution in [2.75, 3.05) is 13.2 Å². The highest BCUT2D eigenvalue weighted by Crippen LogP contribution is 2.36. The highest BCUT2D eigenvalue weighted by Gasteiger charge is 2.53. The number of hydrogen-bond donors (Lipinski definition) is 2. The van der Waals surface area contributed by atoms with Crippen molar-refractivity contribution in [2.24, 2.45) is 0 Å². The van der Waals surface area contributed by atoms with Crippen LogP contribution in [0.1, 0.15) is 11.1 Å². The molecule has 1 heterocycles. The number of rotatable bonds is 7. The molecule has 0 spiro atoms. The Balaban J connectivity index is 1.55. The Kier molecular flexibility index (Phi) is 5.68. The van der Waals surface area contributed by atoms with Gasteiger partial charge in [-0.1, -0.05) is 60.7 Å². The summed E-state index contributed by atoms with van der Waals surface area (Å²) >= 11 is 0. The van der Waals surface area contributed by atoms with Crippen molar-refractivity contribution >= 4 is 11.9 Å². The third kappa shape index (κ3) is 4.00. The molecule has 7 heteroatoms. The van der Waals surface area contributed by atoms with Crippen molar-refractivity contribution in [3.05, 3.63) is 102 Å². The molecule has 6 nitrogen and oxygen atoms in total. The first-order chi connectivity index (χ1) is 15.0. The minimum Gasteiger partial charge on any atom is -0.491 e. The molecule has 3 amide bonds. The number of amides is 3. The van der Waals surface area contributed by atoms with E-state index in [-0.39, 0.29) is 13.2 Å². The molecule has 1 fully saturated rings. The predicted molar refractivity (Wildman–Crippen MR) is 112 cm³/mol. The molecule has 1 atom stereocenters. The Morgan fingerprint density at radius 1 is 0.903 bits per heavy atom. The van der Waals surface area contributed by atoms with Gasteiger partial charge in [-0.25, -0.2) is 9.18 Å². The van der Waals surface area contributed by atoms with Gasteiger partial charge < -0.3 is 15.2 Å². The number of carbonyl (C=O) groups is 2. The van der Waals surface area contributed by atoms with E-state index in [1.54, 1.807) is 48.5 Å². The summed E-state index contributed by atoms with van der Waals surface area (Å²) in [7, 11) is 0. The molecule has 1 saturated heterocycles. The van der Waals surface area contributed by atoms with Crippen molar-refractivity contribution in [1.82, 2.24) is 10.2 Å². The first-order valence-electron chi connectivity index (χ1n) is 9.82. The van der Waals surface area contributed by atoms with Crippen LogP contribution in [-0.2, 0) is 10.3 Å². The minimum atomic E-state index is -1.38. The fourth-order valence-corrected chi connectivity index (χ4v) is 3.66. The predicted octanol–water partition coefficient (Wildman–Crippen LogP) is 3.06. The van der Waals surface area contributed by atoms with Crippen LogP contribution >= 0.6 is 0 Å². The van der Waals surface area contributed by atoms with E-state index in [2.05, 4.69) is 5.32 Å². The molecule has 0 bridgehead atoms. The van der Waals surface area contributed by atoms with Crippen LogP contribution in [0.4, 0.5) is 9.18 Å². The molecule has 4 rings (SSSR count). The van der Waals surface area contributed by atoms with Gasteiger partial charge in [0.05, 0.1) is 6.54 Å². The van der Waals surface area contributed by atoms with Crippen LogP contribution in [0.3, 0.4) is 0 Å². The number of nitrogens with one attached hydrogen (secondary N) is 1. The van der Waals surface area contributed by atoms with Crippen LogP contribution in [-0.4, -0.2) is 41.2 Å². The number of carbonyl (C=O) groups excluding carboxylic acids is 2. The summed E-state index contributed by atoms with van der Waals surface area (Å²) in [5, 5.41) is 13.2. The monoisotopic (exact) mass is 420 g/mol. The summed E-state index contributed by atoms with van der Waals surface area (Å²) in [5.74, 6) is -0.498. The van der Waals surface area contributed by atoms with Gasteiger partial charge >= 0.3 is 6.03 Å². The summed E-state index contributed by atoms with van der Waals surface area (Å²) in [5.41, 5.74) is -0.130. The lowest BCUT2D eigenvalue weighted by Gasteiger charge is -2.28. The molecular formula is C24H21FN2O4. The lowest BCUT2D eigenvalue weighted by Crippen LogP contribution is -2.46. The zero-order valence-corrected chi connectivity index (χ0v) is 16.6. The van der Waals surface area contributed by atoms with Crippen LogP contribution < -0.4 is 10.1 Å². The molecule has 3 aromatic rings. The maximum absolute atomic E-state index is 13.5. The second-order valence-corrected chi connectivity index (χ2v) is 7.25. The lowest BCUT2D eigenvalue weighted by atomic mass is 9.82. The van der Waals surface area contributed by atoms with Gasteiger partial charge in [-0.15, -0.1) is 0 Å². The molecule has 0 aliphatic carbocycles. The topological polar surface area (TPSA) is 78.9 Å². The van der Waals surface area contributed by atoms with E-state index in [0.29, 0.717) is 16.9 Å². The Morgan fingerprint density at radius 2 is 1.45 bits per heavy atom. The Morgan fingerprint density at radius 3 is 2.00 bits per heavy atom. The van der Waals surface area contributed by atoms with E-state index in [4.69, 9.17) is 4.74 Å². The molecule has 31 heavy (non-hydrogen) atoms. The van der Waals surface area contributed by atoms with E-state index in [9.17, 15) is 19.1 Å². The summed E-state index contributed by atoms with van der Waals surface area (Å²) in [6, 6.07) is 22.7. The zero-order chi connectivity index (χ0) is 21.8. The van der Waals surface area contributed by atoms with Crippen LogP contribution in [0.25, 0.3) is 0 Å². The van der Waals surface area contributed by atoms with Gasteiger partial charge in [0.2, 0.25) is 0 Å². The van der Waals surface area contributed by atoms with E-state index in [1.165, 1.54) is 24.3 Å². The van der Waals surface area contributed by atoms with Gasteiger partial charge in [-0.3, -0.25) is 9.69 Å². The van der Waals surface area contributed by atoms with Gasteiger partial charge in [0.25, 0.3) is 5.91 Å². The standard InChI is InChI=1S/C24H21FN2O4/c25-19-11-13-21(14-12-19)31-16-20(28)15-27-22(29)24(26-23(27)30,17-7-3-1-4-8-17)18-9-5-2-6-10-18/h1-14,20,28H,15-16H2,(H,26,30)/t20-/m1/s1. The van der Waals surface area contributed by atoms with E-state index < -0.39 is 29.4 Å². The lowest BCUT2D eigenvalue weighted by molar-refractivity contribution is -0.131. The molecule has 0 aromatic heterocycles. The number of halogens is 1. The van der Waals surface area contributed by atoms with Gasteiger partial charge in [0, 0.05) is 0 Å². The number of urea groups is 1. The molecule has 0 saturated carbocycles. The highest BCUT2D eigenvalue weighted by atomic mass is 19.1. The second kappa shape index (κ2) is 8.57. The average Bonchev–Trinajstić information content (AvgIpc) is 3.05. The number of aliphatic hydroxyl groups excluding tert-OH is 1. The van der Waals surface area contributed by atoms with E-state index in [0.717, 1.165) is 4.90 Å². The maximum atomic E-state index is 13.5. The fourth-order valence-electron chi connectivity index (χ4n) is 3.66. The van der Waals surface area contributed by atoms with Crippen LogP contribution in [0.2, 0.25) is 0 Å². The number of aliphatic hydroxyl groups is 1. The van der Waals surface area contributed by atoms with Crippen molar-refractivity contribution in [3.8, 4) is 5.75 Å². The number of hydrogen-bond acceptors (Lipinski definition) is 4. The minimum absolute atomic E-state index is 0.160. The molecule has 2 N–H and O–H groups in total. The number of ether oxygens (including phenoxy) is 1. The third-order valence-corrected chi connectivity index (χ3v) is 5.17. The molecule has 1 aliphatic heterocycles. The Bertz CT molecular complexity index is 1020. The van der Waals surface area contributed by atoms with Crippen molar-refractivity contribution in [3.63, 3.8) is 0 Å². The van der Waals surface area contributed by atoms with Crippen LogP contribution in [0.15, 0.2) is 84.9 Å². The van der Waals surface area contributed by atoms with E-state index >= 15 is 0 Å². The van der Waals surface area contributed by atoms with Crippen molar-refractivity contribution < 1.29 is 23.8 Å². The maximum Gasteiger partial charge on any atom is 0.325 e. The number of imide groups is 1. The van der Waals surface area contributed by atoms with Crippen LogP contribution in [0, 0.1) is 5.82 Å². The largest absolute Gasteiger partial charge is 0.491 e. The average molecular weight is 420 g/mol. The normalized spacial score (nSPS) is 16.1. The molecule has 158 valence electrons. The summed E-state index contributed by atoms with van der Waals surface area (Å²) in [6.07, 6.45) is -1.12.